The molecule has 2 aromatic carbocycles. The highest BCUT2D eigenvalue weighted by molar-refractivity contribution is 9.08. The molecule has 2 heteroatoms. The number of fused-ring (bicyclic) bond motifs is 1. The van der Waals surface area contributed by atoms with E-state index < -0.39 is 0 Å². The molecule has 0 spiro atoms. The first-order valence-electron chi connectivity index (χ1n) is 5.60. The second kappa shape index (κ2) is 4.38. The van der Waals surface area contributed by atoms with Gasteiger partial charge in [0.1, 0.15) is 0 Å². The monoisotopic (exact) mass is 285 g/mol. The van der Waals surface area contributed by atoms with Crippen molar-refractivity contribution in [2.45, 2.75) is 5.33 Å². The molecule has 84 valence electrons. The summed E-state index contributed by atoms with van der Waals surface area (Å²) < 4.78 is 0. The first-order valence-corrected chi connectivity index (χ1v) is 6.72. The number of hydrogen-bond acceptors (Lipinski definition) is 0. The van der Waals surface area contributed by atoms with Crippen molar-refractivity contribution in [1.29, 1.82) is 0 Å². The molecule has 0 amide bonds. The van der Waals surface area contributed by atoms with Crippen LogP contribution in [0.3, 0.4) is 0 Å². The Hall–Kier alpha value is -1.54. The summed E-state index contributed by atoms with van der Waals surface area (Å²) in [6, 6.07) is 19.0. The summed E-state index contributed by atoms with van der Waals surface area (Å²) >= 11 is 3.53. The fraction of sp³-hybridized carbons (Fsp3) is 0.0667. The van der Waals surface area contributed by atoms with Crippen molar-refractivity contribution in [3.05, 3.63) is 60.2 Å². The molecule has 0 atom stereocenters. The van der Waals surface area contributed by atoms with Crippen molar-refractivity contribution in [2.24, 2.45) is 0 Å². The second-order valence-electron chi connectivity index (χ2n) is 4.06. The van der Waals surface area contributed by atoms with Gasteiger partial charge in [0.25, 0.3) is 0 Å². The molecule has 0 aliphatic rings. The Kier molecular flexibility index (Phi) is 2.73. The van der Waals surface area contributed by atoms with Crippen LogP contribution >= 0.6 is 15.9 Å². The molecule has 0 radical (unpaired) electrons. The van der Waals surface area contributed by atoms with Crippen LogP contribution in [0.25, 0.3) is 22.2 Å². The maximum absolute atomic E-state index is 3.53. The van der Waals surface area contributed by atoms with Crippen LogP contribution in [0.1, 0.15) is 5.56 Å². The number of nitrogens with one attached hydrogen (secondary N) is 1. The number of alkyl halides is 1. The maximum Gasteiger partial charge on any atom is 0.0464 e. The Balaban J connectivity index is 2.20. The van der Waals surface area contributed by atoms with E-state index in [0.717, 1.165) is 5.33 Å². The summed E-state index contributed by atoms with van der Waals surface area (Å²) in [6.07, 6.45) is 0. The molecule has 0 fully saturated rings. The first-order chi connectivity index (χ1) is 8.38. The van der Waals surface area contributed by atoms with Gasteiger partial charge >= 0.3 is 0 Å². The van der Waals surface area contributed by atoms with Crippen LogP contribution in [0, 0.1) is 0 Å². The average molecular weight is 286 g/mol. The van der Waals surface area contributed by atoms with Crippen LogP contribution in [0.5, 0.6) is 0 Å². The zero-order valence-electron chi connectivity index (χ0n) is 9.28. The number of aromatic nitrogens is 1. The van der Waals surface area contributed by atoms with Gasteiger partial charge in [-0.1, -0.05) is 58.4 Å². The second-order valence-corrected chi connectivity index (χ2v) is 4.62. The van der Waals surface area contributed by atoms with Gasteiger partial charge in [0.15, 0.2) is 0 Å². The Labute approximate surface area is 109 Å². The van der Waals surface area contributed by atoms with Crippen molar-refractivity contribution in [1.82, 2.24) is 4.98 Å². The van der Waals surface area contributed by atoms with E-state index in [1.165, 1.54) is 27.7 Å². The smallest absolute Gasteiger partial charge is 0.0464 e. The Morgan fingerprint density at radius 3 is 2.53 bits per heavy atom. The molecule has 0 saturated heterocycles. The van der Waals surface area contributed by atoms with Crippen LogP contribution in [0.4, 0.5) is 0 Å². The van der Waals surface area contributed by atoms with E-state index in [4.69, 9.17) is 0 Å². The lowest BCUT2D eigenvalue weighted by Crippen LogP contribution is -1.76. The van der Waals surface area contributed by atoms with Crippen molar-refractivity contribution in [2.75, 3.05) is 0 Å². The van der Waals surface area contributed by atoms with E-state index in [9.17, 15) is 0 Å². The van der Waals surface area contributed by atoms with Crippen molar-refractivity contribution < 1.29 is 0 Å². The molecular formula is C15H12BrN. The molecule has 3 rings (SSSR count). The molecule has 17 heavy (non-hydrogen) atoms. The lowest BCUT2D eigenvalue weighted by atomic mass is 10.1. The van der Waals surface area contributed by atoms with Crippen molar-refractivity contribution in [3.8, 4) is 11.3 Å². The lowest BCUT2D eigenvalue weighted by molar-refractivity contribution is 1.44. The van der Waals surface area contributed by atoms with Gasteiger partial charge in [-0.2, -0.15) is 0 Å². The van der Waals surface area contributed by atoms with Gasteiger partial charge in [-0.05, 0) is 23.3 Å². The van der Waals surface area contributed by atoms with Crippen LogP contribution in [0.2, 0.25) is 0 Å². The highest BCUT2D eigenvalue weighted by atomic mass is 79.9. The summed E-state index contributed by atoms with van der Waals surface area (Å²) in [5.41, 5.74) is 4.92. The minimum absolute atomic E-state index is 0.885. The minimum Gasteiger partial charge on any atom is -0.355 e. The highest BCUT2D eigenvalue weighted by Gasteiger charge is 2.05. The Morgan fingerprint density at radius 1 is 0.941 bits per heavy atom. The van der Waals surface area contributed by atoms with Gasteiger partial charge in [-0.25, -0.2) is 0 Å². The Morgan fingerprint density at radius 2 is 1.76 bits per heavy atom. The summed E-state index contributed by atoms with van der Waals surface area (Å²) in [4.78, 5) is 3.47. The topological polar surface area (TPSA) is 15.8 Å². The molecular weight excluding hydrogens is 274 g/mol. The van der Waals surface area contributed by atoms with E-state index in [1.807, 2.05) is 6.07 Å². The third-order valence-electron chi connectivity index (χ3n) is 2.98. The number of hydrogen-bond donors (Lipinski definition) is 1. The third kappa shape index (κ3) is 1.89. The fourth-order valence-electron chi connectivity index (χ4n) is 2.11. The van der Waals surface area contributed by atoms with E-state index in [0.29, 0.717) is 0 Å². The van der Waals surface area contributed by atoms with Crippen LogP contribution in [-0.2, 0) is 5.33 Å². The van der Waals surface area contributed by atoms with Crippen molar-refractivity contribution in [3.63, 3.8) is 0 Å². The van der Waals surface area contributed by atoms with E-state index in [-0.39, 0.29) is 0 Å². The number of rotatable bonds is 2. The van der Waals surface area contributed by atoms with E-state index >= 15 is 0 Å². The van der Waals surface area contributed by atoms with Crippen LogP contribution in [-0.4, -0.2) is 4.98 Å². The maximum atomic E-state index is 3.53. The molecule has 1 N–H and O–H groups in total. The fourth-order valence-corrected chi connectivity index (χ4v) is 2.60. The standard InChI is InChI=1S/C15H12BrN/c16-10-12-7-4-8-14-13(12)9-15(17-14)11-5-2-1-3-6-11/h1-9,17H,10H2. The van der Waals surface area contributed by atoms with Gasteiger partial charge in [0, 0.05) is 21.9 Å². The largest absolute Gasteiger partial charge is 0.355 e. The Bertz CT molecular complexity index is 640. The zero-order valence-corrected chi connectivity index (χ0v) is 10.9. The molecule has 0 aliphatic heterocycles. The van der Waals surface area contributed by atoms with E-state index in [1.54, 1.807) is 0 Å². The molecule has 3 aromatic rings. The van der Waals surface area contributed by atoms with Gasteiger partial charge < -0.3 is 4.98 Å². The first kappa shape index (κ1) is 10.6. The molecule has 1 nitrogen and oxygen atoms in total. The van der Waals surface area contributed by atoms with Gasteiger partial charge in [0.05, 0.1) is 0 Å². The molecule has 1 heterocycles. The zero-order chi connectivity index (χ0) is 11.7. The number of aromatic amines is 1. The lowest BCUT2D eigenvalue weighted by Gasteiger charge is -1.95. The SMILES string of the molecule is BrCc1cccc2[nH]c(-c3ccccc3)cc12. The highest BCUT2D eigenvalue weighted by Crippen LogP contribution is 2.27. The molecule has 0 aliphatic carbocycles. The normalized spacial score (nSPS) is 10.9. The number of halogens is 1. The van der Waals surface area contributed by atoms with E-state index in [2.05, 4.69) is 69.4 Å². The molecule has 0 bridgehead atoms. The quantitative estimate of drug-likeness (QED) is 0.655. The van der Waals surface area contributed by atoms with Gasteiger partial charge in [0.2, 0.25) is 0 Å². The summed E-state index contributed by atoms with van der Waals surface area (Å²) in [5, 5.41) is 2.18. The van der Waals surface area contributed by atoms with Crippen molar-refractivity contribution >= 4 is 26.8 Å². The van der Waals surface area contributed by atoms with Crippen LogP contribution < -0.4 is 0 Å². The summed E-state index contributed by atoms with van der Waals surface area (Å²) in [7, 11) is 0. The summed E-state index contributed by atoms with van der Waals surface area (Å²) in [6.45, 7) is 0. The predicted octanol–water partition coefficient (Wildman–Crippen LogP) is 4.73. The average Bonchev–Trinajstić information content (AvgIpc) is 2.83. The molecule has 1 aromatic heterocycles. The number of H-pyrrole nitrogens is 1. The third-order valence-corrected chi connectivity index (χ3v) is 3.59. The minimum atomic E-state index is 0.885. The molecule has 0 unspecified atom stereocenters. The van der Waals surface area contributed by atoms with Gasteiger partial charge in [-0.15, -0.1) is 0 Å². The predicted molar refractivity (Wildman–Crippen MR) is 76.4 cm³/mol. The van der Waals surface area contributed by atoms with Crippen LogP contribution in [0.15, 0.2) is 54.6 Å². The summed E-state index contributed by atoms with van der Waals surface area (Å²) in [5.74, 6) is 0. The van der Waals surface area contributed by atoms with Gasteiger partial charge in [-0.3, -0.25) is 0 Å². The molecule has 0 saturated carbocycles. The number of benzene rings is 2.